The van der Waals surface area contributed by atoms with Gasteiger partial charge in [-0.2, -0.15) is 0 Å². The van der Waals surface area contributed by atoms with E-state index in [1.165, 1.54) is 14.2 Å². The summed E-state index contributed by atoms with van der Waals surface area (Å²) in [4.78, 5) is 23.9. The summed E-state index contributed by atoms with van der Waals surface area (Å²) in [7, 11) is 2.62. The highest BCUT2D eigenvalue weighted by molar-refractivity contribution is 5.74. The van der Waals surface area contributed by atoms with Crippen molar-refractivity contribution in [2.24, 2.45) is 0 Å². The number of ether oxygens (including phenoxy) is 2. The number of hydrogen-bond donors (Lipinski definition) is 1. The minimum absolute atomic E-state index is 0.0741. The second kappa shape index (κ2) is 10.0. The van der Waals surface area contributed by atoms with Gasteiger partial charge >= 0.3 is 11.9 Å². The Balaban J connectivity index is 4.01. The molecule has 0 aromatic heterocycles. The van der Waals surface area contributed by atoms with Crippen molar-refractivity contribution in [3.8, 4) is 0 Å². The van der Waals surface area contributed by atoms with E-state index in [9.17, 15) is 9.59 Å². The fourth-order valence-corrected chi connectivity index (χ4v) is 1.33. The molecular formula is C11H21NO5. The van der Waals surface area contributed by atoms with Crippen LogP contribution >= 0.6 is 0 Å². The molecular weight excluding hydrogens is 226 g/mol. The summed E-state index contributed by atoms with van der Waals surface area (Å²) < 4.78 is 9.10. The topological polar surface area (TPSA) is 76.1 Å². The van der Waals surface area contributed by atoms with Crippen LogP contribution in [0.1, 0.15) is 19.3 Å². The molecule has 0 amide bonds. The molecule has 0 radical (unpaired) electrons. The molecule has 0 heterocycles. The van der Waals surface area contributed by atoms with E-state index >= 15 is 0 Å². The number of aliphatic hydroxyl groups is 1. The summed E-state index contributed by atoms with van der Waals surface area (Å²) in [6, 6.07) is 0. The maximum Gasteiger partial charge on any atom is 0.319 e. The zero-order valence-corrected chi connectivity index (χ0v) is 10.5. The molecule has 6 heteroatoms. The standard InChI is InChI=1S/C11H21NO5/c1-16-10(14)8-12(9-11(15)17-2)6-4-3-5-7-13/h13H,3-9H2,1-2H3. The Bertz CT molecular complexity index is 214. The van der Waals surface area contributed by atoms with E-state index < -0.39 is 0 Å². The van der Waals surface area contributed by atoms with Gasteiger partial charge in [0.15, 0.2) is 0 Å². The van der Waals surface area contributed by atoms with E-state index in [0.29, 0.717) is 6.54 Å². The first kappa shape index (κ1) is 15.9. The van der Waals surface area contributed by atoms with Crippen LogP contribution in [-0.2, 0) is 19.1 Å². The van der Waals surface area contributed by atoms with Crippen molar-refractivity contribution >= 4 is 11.9 Å². The average molecular weight is 247 g/mol. The molecule has 0 aromatic rings. The molecule has 0 rings (SSSR count). The highest BCUT2D eigenvalue weighted by Crippen LogP contribution is 1.99. The van der Waals surface area contributed by atoms with Crippen LogP contribution in [0.2, 0.25) is 0 Å². The highest BCUT2D eigenvalue weighted by Gasteiger charge is 2.14. The SMILES string of the molecule is COC(=O)CN(CCCCCO)CC(=O)OC. The van der Waals surface area contributed by atoms with Crippen molar-refractivity contribution in [3.63, 3.8) is 0 Å². The van der Waals surface area contributed by atoms with E-state index in [4.69, 9.17) is 5.11 Å². The van der Waals surface area contributed by atoms with Crippen molar-refractivity contribution < 1.29 is 24.2 Å². The van der Waals surface area contributed by atoms with E-state index in [2.05, 4.69) is 9.47 Å². The van der Waals surface area contributed by atoms with Gasteiger partial charge in [0.1, 0.15) is 0 Å². The summed E-state index contributed by atoms with van der Waals surface area (Å²) in [5.74, 6) is -0.757. The number of unbranched alkanes of at least 4 members (excludes halogenated alkanes) is 2. The number of hydrogen-bond acceptors (Lipinski definition) is 6. The zero-order chi connectivity index (χ0) is 13.1. The second-order valence-corrected chi connectivity index (χ2v) is 3.65. The van der Waals surface area contributed by atoms with Crippen LogP contribution in [-0.4, -0.2) is 62.4 Å². The van der Waals surface area contributed by atoms with Crippen molar-refractivity contribution in [1.82, 2.24) is 4.90 Å². The van der Waals surface area contributed by atoms with Gasteiger partial charge in [0.2, 0.25) is 0 Å². The summed E-state index contributed by atoms with van der Waals surface area (Å²) in [6.45, 7) is 0.910. The van der Waals surface area contributed by atoms with Crippen molar-refractivity contribution in [2.45, 2.75) is 19.3 Å². The molecule has 0 fully saturated rings. The van der Waals surface area contributed by atoms with Crippen molar-refractivity contribution in [3.05, 3.63) is 0 Å². The predicted octanol–water partition coefficient (Wildman–Crippen LogP) is -0.203. The van der Waals surface area contributed by atoms with Gasteiger partial charge in [0, 0.05) is 6.61 Å². The minimum Gasteiger partial charge on any atom is -0.468 e. The van der Waals surface area contributed by atoms with Crippen LogP contribution in [0.3, 0.4) is 0 Å². The first-order valence-corrected chi connectivity index (χ1v) is 5.61. The van der Waals surface area contributed by atoms with Gasteiger partial charge in [-0.05, 0) is 25.8 Å². The van der Waals surface area contributed by atoms with Gasteiger partial charge in [-0.1, -0.05) is 0 Å². The molecule has 0 aliphatic rings. The number of carbonyl (C=O) groups is 2. The van der Waals surface area contributed by atoms with E-state index in [1.54, 1.807) is 4.90 Å². The Morgan fingerprint density at radius 1 is 1.00 bits per heavy atom. The van der Waals surface area contributed by atoms with Crippen LogP contribution in [0.4, 0.5) is 0 Å². The number of carbonyl (C=O) groups excluding carboxylic acids is 2. The van der Waals surface area contributed by atoms with E-state index in [1.807, 2.05) is 0 Å². The van der Waals surface area contributed by atoms with Crippen LogP contribution in [0.25, 0.3) is 0 Å². The van der Waals surface area contributed by atoms with E-state index in [0.717, 1.165) is 19.3 Å². The summed E-state index contributed by atoms with van der Waals surface area (Å²) in [6.07, 6.45) is 2.40. The molecule has 0 unspecified atom stereocenters. The third kappa shape index (κ3) is 8.65. The lowest BCUT2D eigenvalue weighted by molar-refractivity contribution is -0.145. The van der Waals surface area contributed by atoms with Crippen molar-refractivity contribution in [2.75, 3.05) is 40.5 Å². The van der Waals surface area contributed by atoms with Crippen LogP contribution in [0.5, 0.6) is 0 Å². The number of methoxy groups -OCH3 is 2. The number of esters is 2. The second-order valence-electron chi connectivity index (χ2n) is 3.65. The molecule has 1 N–H and O–H groups in total. The van der Waals surface area contributed by atoms with Gasteiger partial charge in [-0.25, -0.2) is 0 Å². The lowest BCUT2D eigenvalue weighted by atomic mass is 10.2. The number of rotatable bonds is 9. The lowest BCUT2D eigenvalue weighted by Crippen LogP contribution is -2.36. The Hall–Kier alpha value is -1.14. The fourth-order valence-electron chi connectivity index (χ4n) is 1.33. The van der Waals surface area contributed by atoms with Crippen LogP contribution in [0.15, 0.2) is 0 Å². The van der Waals surface area contributed by atoms with Gasteiger partial charge < -0.3 is 14.6 Å². The molecule has 0 spiro atoms. The summed E-state index contributed by atoms with van der Waals surface area (Å²) in [5, 5.41) is 8.64. The highest BCUT2D eigenvalue weighted by atomic mass is 16.5. The molecule has 0 aliphatic heterocycles. The summed E-state index contributed by atoms with van der Waals surface area (Å²) in [5.41, 5.74) is 0. The van der Waals surface area contributed by atoms with Gasteiger partial charge in [0.25, 0.3) is 0 Å². The normalized spacial score (nSPS) is 10.4. The quantitative estimate of drug-likeness (QED) is 0.449. The Morgan fingerprint density at radius 2 is 1.53 bits per heavy atom. The molecule has 100 valence electrons. The predicted molar refractivity (Wildman–Crippen MR) is 61.4 cm³/mol. The number of aliphatic hydroxyl groups excluding tert-OH is 1. The Labute approximate surface area is 101 Å². The molecule has 17 heavy (non-hydrogen) atoms. The molecule has 0 saturated heterocycles. The van der Waals surface area contributed by atoms with Gasteiger partial charge in [0.05, 0.1) is 27.3 Å². The monoisotopic (exact) mass is 247 g/mol. The first-order valence-electron chi connectivity index (χ1n) is 5.61. The molecule has 0 saturated carbocycles. The van der Waals surface area contributed by atoms with Crippen molar-refractivity contribution in [1.29, 1.82) is 0 Å². The molecule has 0 atom stereocenters. The Morgan fingerprint density at radius 3 is 1.94 bits per heavy atom. The smallest absolute Gasteiger partial charge is 0.319 e. The number of nitrogens with zero attached hydrogens (tertiary/aromatic N) is 1. The van der Waals surface area contributed by atoms with E-state index in [-0.39, 0.29) is 31.6 Å². The van der Waals surface area contributed by atoms with Gasteiger partial charge in [-0.3, -0.25) is 14.5 Å². The molecule has 0 bridgehead atoms. The Kier molecular flexibility index (Phi) is 9.37. The molecule has 6 nitrogen and oxygen atoms in total. The lowest BCUT2D eigenvalue weighted by Gasteiger charge is -2.19. The zero-order valence-electron chi connectivity index (χ0n) is 10.5. The average Bonchev–Trinajstić information content (AvgIpc) is 2.33. The minimum atomic E-state index is -0.379. The summed E-state index contributed by atoms with van der Waals surface area (Å²) >= 11 is 0. The molecule has 0 aromatic carbocycles. The third-order valence-electron chi connectivity index (χ3n) is 2.29. The van der Waals surface area contributed by atoms with Gasteiger partial charge in [-0.15, -0.1) is 0 Å². The first-order chi connectivity index (χ1) is 8.13. The largest absolute Gasteiger partial charge is 0.468 e. The van der Waals surface area contributed by atoms with Crippen LogP contribution < -0.4 is 0 Å². The maximum atomic E-state index is 11.1. The fraction of sp³-hybridized carbons (Fsp3) is 0.818. The molecule has 0 aliphatic carbocycles. The maximum absolute atomic E-state index is 11.1. The third-order valence-corrected chi connectivity index (χ3v) is 2.29. The van der Waals surface area contributed by atoms with Crippen LogP contribution in [0, 0.1) is 0 Å².